The normalized spacial score (nSPS) is 11.6. The Morgan fingerprint density at radius 1 is 1.28 bits per heavy atom. The lowest BCUT2D eigenvalue weighted by Gasteiger charge is -2.10. The molecule has 18 heavy (non-hydrogen) atoms. The number of carboxylic acid groups (broad SMARTS) is 1. The van der Waals surface area contributed by atoms with Crippen molar-refractivity contribution in [3.63, 3.8) is 0 Å². The third-order valence-corrected chi connectivity index (χ3v) is 2.78. The molecule has 0 atom stereocenters. The highest BCUT2D eigenvalue weighted by Gasteiger charge is 2.08. The summed E-state index contributed by atoms with van der Waals surface area (Å²) in [5.41, 5.74) is 1.92. The van der Waals surface area contributed by atoms with Gasteiger partial charge in [0, 0.05) is 5.56 Å². The minimum atomic E-state index is -1.02. The van der Waals surface area contributed by atoms with E-state index < -0.39 is 5.97 Å². The third-order valence-electron chi connectivity index (χ3n) is 2.78. The summed E-state index contributed by atoms with van der Waals surface area (Å²) < 4.78 is 5.18. The van der Waals surface area contributed by atoms with Crippen molar-refractivity contribution in [2.75, 3.05) is 7.11 Å². The molecule has 2 aromatic carbocycles. The summed E-state index contributed by atoms with van der Waals surface area (Å²) in [5.74, 6) is -0.657. The molecule has 0 aliphatic carbocycles. The molecule has 92 valence electrons. The Hall–Kier alpha value is -2.29. The van der Waals surface area contributed by atoms with Crippen molar-refractivity contribution < 1.29 is 14.6 Å². The summed E-state index contributed by atoms with van der Waals surface area (Å²) in [5, 5.41) is 10.9. The van der Waals surface area contributed by atoms with E-state index in [1.807, 2.05) is 43.3 Å². The zero-order valence-corrected chi connectivity index (χ0v) is 10.3. The predicted molar refractivity (Wildman–Crippen MR) is 71.3 cm³/mol. The Kier molecular flexibility index (Phi) is 3.33. The minimum absolute atomic E-state index is 0.360. The van der Waals surface area contributed by atoms with Gasteiger partial charge in [-0.2, -0.15) is 0 Å². The van der Waals surface area contributed by atoms with E-state index in [-0.39, 0.29) is 0 Å². The average Bonchev–Trinajstić information content (AvgIpc) is 2.35. The van der Waals surface area contributed by atoms with Crippen LogP contribution in [0, 0.1) is 6.92 Å². The molecule has 0 saturated heterocycles. The number of rotatable bonds is 3. The van der Waals surface area contributed by atoms with Gasteiger partial charge in [0.25, 0.3) is 0 Å². The fraction of sp³-hybridized carbons (Fsp3) is 0.133. The number of aliphatic carboxylic acids is 1. The number of fused-ring (bicyclic) bond motifs is 1. The van der Waals surface area contributed by atoms with Gasteiger partial charge in [-0.15, -0.1) is 0 Å². The fourth-order valence-corrected chi connectivity index (χ4v) is 1.96. The van der Waals surface area contributed by atoms with Gasteiger partial charge in [0.1, 0.15) is 5.76 Å². The monoisotopic (exact) mass is 242 g/mol. The van der Waals surface area contributed by atoms with Crippen LogP contribution in [0.4, 0.5) is 0 Å². The van der Waals surface area contributed by atoms with Gasteiger partial charge in [0.2, 0.25) is 0 Å². The Bertz CT molecular complexity index is 627. The summed E-state index contributed by atoms with van der Waals surface area (Å²) >= 11 is 0. The largest absolute Gasteiger partial charge is 0.496 e. The first-order valence-corrected chi connectivity index (χ1v) is 5.60. The first-order chi connectivity index (χ1) is 8.61. The maximum absolute atomic E-state index is 10.8. The van der Waals surface area contributed by atoms with E-state index in [9.17, 15) is 4.79 Å². The standard InChI is InChI=1S/C15H14O3/c1-10-6-7-11-4-3-5-12(13(11)8-10)14(18-2)9-15(16)17/h3-9H,1-2H3,(H,16,17). The molecule has 2 rings (SSSR count). The number of hydrogen-bond acceptors (Lipinski definition) is 2. The van der Waals surface area contributed by atoms with Gasteiger partial charge in [-0.25, -0.2) is 4.79 Å². The van der Waals surface area contributed by atoms with E-state index in [2.05, 4.69) is 0 Å². The second-order valence-corrected chi connectivity index (χ2v) is 4.08. The molecule has 0 heterocycles. The summed E-state index contributed by atoms with van der Waals surface area (Å²) in [6.45, 7) is 2.00. The van der Waals surface area contributed by atoms with Crippen molar-refractivity contribution in [1.29, 1.82) is 0 Å². The van der Waals surface area contributed by atoms with Crippen molar-refractivity contribution in [1.82, 2.24) is 0 Å². The third kappa shape index (κ3) is 2.35. The number of ether oxygens (including phenoxy) is 1. The highest BCUT2D eigenvalue weighted by Crippen LogP contribution is 2.26. The number of aryl methyl sites for hydroxylation is 1. The first-order valence-electron chi connectivity index (χ1n) is 5.60. The number of carbonyl (C=O) groups is 1. The summed E-state index contributed by atoms with van der Waals surface area (Å²) in [6, 6.07) is 11.8. The Balaban J connectivity index is 2.70. The number of carboxylic acids is 1. The molecular formula is C15H14O3. The Morgan fingerprint density at radius 3 is 2.72 bits per heavy atom. The van der Waals surface area contributed by atoms with Crippen molar-refractivity contribution in [3.05, 3.63) is 53.6 Å². The second-order valence-electron chi connectivity index (χ2n) is 4.08. The van der Waals surface area contributed by atoms with Crippen LogP contribution in [-0.2, 0) is 9.53 Å². The molecule has 3 heteroatoms. The molecular weight excluding hydrogens is 228 g/mol. The van der Waals surface area contributed by atoms with Crippen LogP contribution in [0.3, 0.4) is 0 Å². The van der Waals surface area contributed by atoms with E-state index in [0.717, 1.165) is 28.0 Å². The first kappa shape index (κ1) is 12.2. The van der Waals surface area contributed by atoms with Crippen molar-refractivity contribution in [2.45, 2.75) is 6.92 Å². The van der Waals surface area contributed by atoms with Crippen LogP contribution in [0.25, 0.3) is 16.5 Å². The molecule has 0 aliphatic rings. The lowest BCUT2D eigenvalue weighted by Crippen LogP contribution is -1.95. The predicted octanol–water partition coefficient (Wildman–Crippen LogP) is 3.22. The van der Waals surface area contributed by atoms with Gasteiger partial charge in [-0.3, -0.25) is 0 Å². The van der Waals surface area contributed by atoms with E-state index in [4.69, 9.17) is 9.84 Å². The van der Waals surface area contributed by atoms with Gasteiger partial charge in [-0.05, 0) is 17.7 Å². The lowest BCUT2D eigenvalue weighted by atomic mass is 10.0. The van der Waals surface area contributed by atoms with Crippen LogP contribution in [0.2, 0.25) is 0 Å². The molecule has 0 aromatic heterocycles. The summed E-state index contributed by atoms with van der Waals surface area (Å²) in [7, 11) is 1.48. The van der Waals surface area contributed by atoms with Gasteiger partial charge in [0.15, 0.2) is 0 Å². The van der Waals surface area contributed by atoms with E-state index in [0.29, 0.717) is 5.76 Å². The second kappa shape index (κ2) is 4.92. The average molecular weight is 242 g/mol. The molecule has 3 nitrogen and oxygen atoms in total. The van der Waals surface area contributed by atoms with Gasteiger partial charge in [-0.1, -0.05) is 42.0 Å². The molecule has 1 N–H and O–H groups in total. The number of hydrogen-bond donors (Lipinski definition) is 1. The smallest absolute Gasteiger partial charge is 0.332 e. The zero-order chi connectivity index (χ0) is 13.1. The molecule has 0 unspecified atom stereocenters. The number of benzene rings is 2. The molecule has 0 aliphatic heterocycles. The fourth-order valence-electron chi connectivity index (χ4n) is 1.96. The maximum atomic E-state index is 10.8. The Morgan fingerprint density at radius 2 is 2.06 bits per heavy atom. The molecule has 0 amide bonds. The molecule has 0 bridgehead atoms. The van der Waals surface area contributed by atoms with Gasteiger partial charge < -0.3 is 9.84 Å². The van der Waals surface area contributed by atoms with Crippen LogP contribution in [0.5, 0.6) is 0 Å². The Labute approximate surface area is 105 Å². The molecule has 0 radical (unpaired) electrons. The summed E-state index contributed by atoms with van der Waals surface area (Å²) in [4.78, 5) is 10.8. The molecule has 0 fully saturated rings. The van der Waals surface area contributed by atoms with Gasteiger partial charge in [0.05, 0.1) is 13.2 Å². The maximum Gasteiger partial charge on any atom is 0.332 e. The molecule has 0 spiro atoms. The highest BCUT2D eigenvalue weighted by atomic mass is 16.5. The molecule has 0 saturated carbocycles. The minimum Gasteiger partial charge on any atom is -0.496 e. The highest BCUT2D eigenvalue weighted by molar-refractivity contribution is 5.97. The number of methoxy groups -OCH3 is 1. The van der Waals surface area contributed by atoms with Gasteiger partial charge >= 0.3 is 5.97 Å². The van der Waals surface area contributed by atoms with Crippen LogP contribution in [0.15, 0.2) is 42.5 Å². The van der Waals surface area contributed by atoms with E-state index in [1.54, 1.807) is 0 Å². The molecule has 2 aromatic rings. The van der Waals surface area contributed by atoms with Crippen LogP contribution >= 0.6 is 0 Å². The zero-order valence-electron chi connectivity index (χ0n) is 10.3. The quantitative estimate of drug-likeness (QED) is 0.664. The van der Waals surface area contributed by atoms with Crippen molar-refractivity contribution in [2.24, 2.45) is 0 Å². The summed E-state index contributed by atoms with van der Waals surface area (Å²) in [6.07, 6.45) is 1.08. The van der Waals surface area contributed by atoms with E-state index >= 15 is 0 Å². The van der Waals surface area contributed by atoms with Crippen molar-refractivity contribution >= 4 is 22.5 Å². The van der Waals surface area contributed by atoms with Crippen LogP contribution in [-0.4, -0.2) is 18.2 Å². The van der Waals surface area contributed by atoms with Crippen LogP contribution in [0.1, 0.15) is 11.1 Å². The SMILES string of the molecule is COC(=CC(=O)O)c1cccc2ccc(C)cc12. The lowest BCUT2D eigenvalue weighted by molar-refractivity contribution is -0.131. The van der Waals surface area contributed by atoms with Crippen molar-refractivity contribution in [3.8, 4) is 0 Å². The van der Waals surface area contributed by atoms with E-state index in [1.165, 1.54) is 7.11 Å². The topological polar surface area (TPSA) is 46.5 Å². The van der Waals surface area contributed by atoms with Crippen LogP contribution < -0.4 is 0 Å².